The van der Waals surface area contributed by atoms with Crippen LogP contribution >= 0.6 is 0 Å². The van der Waals surface area contributed by atoms with Crippen molar-refractivity contribution in [2.75, 3.05) is 18.1 Å². The molecule has 1 aliphatic carbocycles. The molecule has 3 heterocycles. The van der Waals surface area contributed by atoms with Gasteiger partial charge in [0, 0.05) is 12.1 Å². The van der Waals surface area contributed by atoms with E-state index < -0.39 is 12.1 Å². The third kappa shape index (κ3) is 2.63. The number of carbonyl (C=O) groups excluding carboxylic acids is 2. The molecule has 8 heteroatoms. The van der Waals surface area contributed by atoms with Crippen LogP contribution in [0.4, 0.5) is 10.5 Å². The number of amides is 2. The van der Waals surface area contributed by atoms with Gasteiger partial charge in [-0.05, 0) is 37.8 Å². The van der Waals surface area contributed by atoms with E-state index in [1.165, 1.54) is 4.90 Å². The van der Waals surface area contributed by atoms with Gasteiger partial charge in [-0.25, -0.2) is 4.79 Å². The zero-order valence-electron chi connectivity index (χ0n) is 13.8. The number of pyridine rings is 1. The molecule has 4 rings (SSSR count). The monoisotopic (exact) mass is 342 g/mol. The number of aryl methyl sites for hydroxylation is 2. The quantitative estimate of drug-likeness (QED) is 0.911. The number of hydrogen-bond acceptors (Lipinski definition) is 6. The SMILES string of the molecule is CCNC(=O)[C@@H]1COC(=O)N1c1cnc2c(c1)CCCc1cnoc1-2. The van der Waals surface area contributed by atoms with Crippen molar-refractivity contribution in [3.63, 3.8) is 0 Å². The van der Waals surface area contributed by atoms with Gasteiger partial charge in [0.1, 0.15) is 12.3 Å². The summed E-state index contributed by atoms with van der Waals surface area (Å²) in [7, 11) is 0. The van der Waals surface area contributed by atoms with Crippen molar-refractivity contribution in [3.05, 3.63) is 29.6 Å². The molecule has 1 N–H and O–H groups in total. The minimum Gasteiger partial charge on any atom is -0.446 e. The van der Waals surface area contributed by atoms with Crippen molar-refractivity contribution < 1.29 is 18.8 Å². The molecule has 1 saturated heterocycles. The zero-order chi connectivity index (χ0) is 17.4. The average molecular weight is 342 g/mol. The van der Waals surface area contributed by atoms with Crippen molar-refractivity contribution in [2.24, 2.45) is 0 Å². The van der Waals surface area contributed by atoms with Crippen molar-refractivity contribution in [1.29, 1.82) is 0 Å². The number of ether oxygens (including phenoxy) is 1. The van der Waals surface area contributed by atoms with Gasteiger partial charge >= 0.3 is 6.09 Å². The molecule has 2 amide bonds. The number of fused-ring (bicyclic) bond motifs is 3. The van der Waals surface area contributed by atoms with E-state index in [1.54, 1.807) is 12.4 Å². The molecule has 130 valence electrons. The van der Waals surface area contributed by atoms with Crippen molar-refractivity contribution in [2.45, 2.75) is 32.2 Å². The van der Waals surface area contributed by atoms with E-state index in [9.17, 15) is 9.59 Å². The highest BCUT2D eigenvalue weighted by Crippen LogP contribution is 2.34. The van der Waals surface area contributed by atoms with Gasteiger partial charge in [-0.1, -0.05) is 5.16 Å². The molecule has 0 bridgehead atoms. The molecule has 0 saturated carbocycles. The van der Waals surface area contributed by atoms with Crippen LogP contribution < -0.4 is 10.2 Å². The van der Waals surface area contributed by atoms with Crippen molar-refractivity contribution in [3.8, 4) is 11.5 Å². The fourth-order valence-corrected chi connectivity index (χ4v) is 3.32. The number of cyclic esters (lactones) is 1. The predicted molar refractivity (Wildman–Crippen MR) is 88.1 cm³/mol. The van der Waals surface area contributed by atoms with E-state index in [4.69, 9.17) is 9.26 Å². The van der Waals surface area contributed by atoms with Crippen LogP contribution in [-0.4, -0.2) is 41.3 Å². The highest BCUT2D eigenvalue weighted by atomic mass is 16.6. The fraction of sp³-hybridized carbons (Fsp3) is 0.412. The largest absolute Gasteiger partial charge is 0.446 e. The second-order valence-corrected chi connectivity index (χ2v) is 6.09. The van der Waals surface area contributed by atoms with Crippen LogP contribution in [0.25, 0.3) is 11.5 Å². The number of hydrogen-bond donors (Lipinski definition) is 1. The number of rotatable bonds is 3. The van der Waals surface area contributed by atoms with Crippen LogP contribution in [0.3, 0.4) is 0 Å². The number of anilines is 1. The van der Waals surface area contributed by atoms with Crippen molar-refractivity contribution in [1.82, 2.24) is 15.5 Å². The molecule has 8 nitrogen and oxygen atoms in total. The lowest BCUT2D eigenvalue weighted by molar-refractivity contribution is -0.122. The molecular formula is C17H18N4O4. The Morgan fingerprint density at radius 1 is 1.36 bits per heavy atom. The minimum absolute atomic E-state index is 0.0357. The topological polar surface area (TPSA) is 97.6 Å². The molecule has 1 aliphatic heterocycles. The lowest BCUT2D eigenvalue weighted by atomic mass is 10.1. The van der Waals surface area contributed by atoms with Gasteiger partial charge in [-0.2, -0.15) is 0 Å². The van der Waals surface area contributed by atoms with Gasteiger partial charge in [-0.3, -0.25) is 14.7 Å². The number of likely N-dealkylation sites (N-methyl/N-ethyl adjacent to an activating group) is 1. The van der Waals surface area contributed by atoms with Crippen LogP contribution in [0.5, 0.6) is 0 Å². The number of carbonyl (C=O) groups is 2. The number of nitrogens with one attached hydrogen (secondary N) is 1. The maximum Gasteiger partial charge on any atom is 0.415 e. The second-order valence-electron chi connectivity index (χ2n) is 6.09. The van der Waals surface area contributed by atoms with Crippen LogP contribution in [0.2, 0.25) is 0 Å². The predicted octanol–water partition coefficient (Wildman–Crippen LogP) is 1.69. The first-order chi connectivity index (χ1) is 12.2. The molecule has 0 aromatic carbocycles. The first-order valence-corrected chi connectivity index (χ1v) is 8.35. The van der Waals surface area contributed by atoms with Gasteiger partial charge in [0.2, 0.25) is 5.91 Å². The summed E-state index contributed by atoms with van der Waals surface area (Å²) in [6.45, 7) is 2.36. The van der Waals surface area contributed by atoms with Crippen LogP contribution in [-0.2, 0) is 22.4 Å². The summed E-state index contributed by atoms with van der Waals surface area (Å²) in [6.07, 6.45) is 5.40. The molecular weight excluding hydrogens is 324 g/mol. The van der Waals surface area contributed by atoms with Gasteiger partial charge in [0.15, 0.2) is 11.8 Å². The van der Waals surface area contributed by atoms with E-state index >= 15 is 0 Å². The van der Waals surface area contributed by atoms with Gasteiger partial charge in [-0.15, -0.1) is 0 Å². The smallest absolute Gasteiger partial charge is 0.415 e. The Kier molecular flexibility index (Phi) is 3.87. The van der Waals surface area contributed by atoms with E-state index in [-0.39, 0.29) is 12.5 Å². The number of nitrogens with zero attached hydrogens (tertiary/aromatic N) is 3. The highest BCUT2D eigenvalue weighted by molar-refractivity contribution is 6.00. The third-order valence-electron chi connectivity index (χ3n) is 4.51. The summed E-state index contributed by atoms with van der Waals surface area (Å²) >= 11 is 0. The maximum absolute atomic E-state index is 12.2. The van der Waals surface area contributed by atoms with E-state index in [0.29, 0.717) is 18.0 Å². The Morgan fingerprint density at radius 3 is 3.04 bits per heavy atom. The summed E-state index contributed by atoms with van der Waals surface area (Å²) < 4.78 is 10.4. The Balaban J connectivity index is 1.71. The number of aromatic nitrogens is 2. The van der Waals surface area contributed by atoms with E-state index in [0.717, 1.165) is 36.1 Å². The summed E-state index contributed by atoms with van der Waals surface area (Å²) in [5.41, 5.74) is 3.32. The van der Waals surface area contributed by atoms with E-state index in [1.807, 2.05) is 13.0 Å². The normalized spacial score (nSPS) is 19.0. The summed E-state index contributed by atoms with van der Waals surface area (Å²) in [4.78, 5) is 30.2. The van der Waals surface area contributed by atoms with E-state index in [2.05, 4.69) is 15.5 Å². The van der Waals surface area contributed by atoms with Gasteiger partial charge in [0.05, 0.1) is 18.1 Å². The molecule has 0 spiro atoms. The van der Waals surface area contributed by atoms with Crippen LogP contribution in [0, 0.1) is 0 Å². The highest BCUT2D eigenvalue weighted by Gasteiger charge is 2.39. The third-order valence-corrected chi connectivity index (χ3v) is 4.51. The molecule has 1 fully saturated rings. The van der Waals surface area contributed by atoms with Crippen molar-refractivity contribution >= 4 is 17.7 Å². The lowest BCUT2D eigenvalue weighted by Crippen LogP contribution is -2.46. The Bertz CT molecular complexity index is 832. The molecule has 0 unspecified atom stereocenters. The Morgan fingerprint density at radius 2 is 2.20 bits per heavy atom. The summed E-state index contributed by atoms with van der Waals surface area (Å²) in [5.74, 6) is 0.448. The zero-order valence-corrected chi connectivity index (χ0v) is 13.8. The first kappa shape index (κ1) is 15.6. The average Bonchev–Trinajstić information content (AvgIpc) is 3.18. The summed E-state index contributed by atoms with van der Waals surface area (Å²) in [5, 5.41) is 6.59. The minimum atomic E-state index is -0.682. The first-order valence-electron chi connectivity index (χ1n) is 8.35. The molecule has 2 aliphatic rings. The standard InChI is InChI=1S/C17H18N4O4/c1-2-18-16(22)13-9-24-17(23)21(13)12-6-10-4-3-5-11-7-20-25-15(11)14(10)19-8-12/h6-8,13H,2-5,9H2,1H3,(H,18,22)/t13-/m0/s1. The molecule has 0 radical (unpaired) electrons. The molecule has 1 atom stereocenters. The molecule has 25 heavy (non-hydrogen) atoms. The Hall–Kier alpha value is -2.90. The van der Waals surface area contributed by atoms with Gasteiger partial charge in [0.25, 0.3) is 0 Å². The Labute approximate surface area is 144 Å². The van der Waals surface area contributed by atoms with Crippen LogP contribution in [0.15, 0.2) is 23.0 Å². The van der Waals surface area contributed by atoms with Crippen LogP contribution in [0.1, 0.15) is 24.5 Å². The van der Waals surface area contributed by atoms with Gasteiger partial charge < -0.3 is 14.6 Å². The molecule has 2 aromatic rings. The fourth-order valence-electron chi connectivity index (χ4n) is 3.32. The lowest BCUT2D eigenvalue weighted by Gasteiger charge is -2.21. The second kappa shape index (κ2) is 6.19. The molecule has 2 aromatic heterocycles. The summed E-state index contributed by atoms with van der Waals surface area (Å²) in [6, 6.07) is 1.21. The maximum atomic E-state index is 12.2.